The third-order valence-electron chi connectivity index (χ3n) is 4.21. The van der Waals surface area contributed by atoms with Gasteiger partial charge < -0.3 is 4.74 Å². The molecule has 0 spiro atoms. The lowest BCUT2D eigenvalue weighted by atomic mass is 10.2. The van der Waals surface area contributed by atoms with Gasteiger partial charge in [0.1, 0.15) is 0 Å². The first kappa shape index (κ1) is 33.2. The predicted molar refractivity (Wildman–Crippen MR) is 180 cm³/mol. The molecule has 12 heteroatoms. The highest BCUT2D eigenvalue weighted by Gasteiger charge is 2.29. The van der Waals surface area contributed by atoms with Gasteiger partial charge in [-0.15, -0.1) is 0 Å². The second-order valence-corrected chi connectivity index (χ2v) is 42.5. The van der Waals surface area contributed by atoms with E-state index in [2.05, 4.69) is 65.5 Å². The van der Waals surface area contributed by atoms with Crippen molar-refractivity contribution in [1.82, 2.24) is 0 Å². The van der Waals surface area contributed by atoms with Crippen LogP contribution in [0.1, 0.15) is 17.3 Å². The van der Waals surface area contributed by atoms with Gasteiger partial charge in [-0.05, 0) is 107 Å². The van der Waals surface area contributed by atoms with Gasteiger partial charge in [0.15, 0.2) is 0 Å². The maximum absolute atomic E-state index is 12.7. The molecule has 1 aromatic carbocycles. The van der Waals surface area contributed by atoms with E-state index >= 15 is 0 Å². The first-order valence-electron chi connectivity index (χ1n) is 10.7. The summed E-state index contributed by atoms with van der Waals surface area (Å²) in [6.45, 7) is 20.2. The molecule has 190 valence electrons. The van der Waals surface area contributed by atoms with E-state index in [1.807, 2.05) is 13.0 Å². The maximum Gasteiger partial charge on any atom is 0.338 e. The zero-order chi connectivity index (χ0) is 25.8. The highest BCUT2D eigenvalue weighted by atomic mass is 32.5. The van der Waals surface area contributed by atoms with E-state index in [1.165, 1.54) is 10.6 Å². The molecule has 0 radical (unpaired) electrons. The molecule has 0 saturated carbocycles. The van der Waals surface area contributed by atoms with E-state index in [-0.39, 0.29) is 5.97 Å². The Morgan fingerprint density at radius 2 is 1.09 bits per heavy atom. The minimum absolute atomic E-state index is 0.253. The van der Waals surface area contributed by atoms with Crippen LogP contribution in [0.5, 0.6) is 0 Å². The first-order valence-corrected chi connectivity index (χ1v) is 29.6. The summed E-state index contributed by atoms with van der Waals surface area (Å²) in [4.78, 5) is 12.7. The SMILES string of the molecule is CCOC(=O)c1ccc(P(CP(C)(C)=S)CP(C)(C)=S)c(P(CP(C)(C)=S)CP(C)(C)=S)c1. The average molecular weight is 639 g/mol. The van der Waals surface area contributed by atoms with Crippen LogP contribution in [0.25, 0.3) is 0 Å². The molecular formula is C21H40O2P6S4. The van der Waals surface area contributed by atoms with Gasteiger partial charge in [-0.1, -0.05) is 69.1 Å². The Kier molecular flexibility index (Phi) is 13.4. The zero-order valence-electron chi connectivity index (χ0n) is 21.4. The molecule has 0 aliphatic carbocycles. The van der Waals surface area contributed by atoms with Gasteiger partial charge in [0.05, 0.1) is 12.2 Å². The van der Waals surface area contributed by atoms with Gasteiger partial charge in [0.25, 0.3) is 0 Å². The molecule has 0 aliphatic heterocycles. The van der Waals surface area contributed by atoms with Crippen molar-refractivity contribution in [2.24, 2.45) is 0 Å². The summed E-state index contributed by atoms with van der Waals surface area (Å²) in [5.41, 5.74) is 0.638. The van der Waals surface area contributed by atoms with Crippen LogP contribution < -0.4 is 10.6 Å². The van der Waals surface area contributed by atoms with Crippen molar-refractivity contribution in [2.45, 2.75) is 6.92 Å². The van der Waals surface area contributed by atoms with E-state index in [4.69, 9.17) is 52.0 Å². The molecule has 2 nitrogen and oxygen atoms in total. The van der Waals surface area contributed by atoms with E-state index in [0.29, 0.717) is 12.2 Å². The topological polar surface area (TPSA) is 26.3 Å². The van der Waals surface area contributed by atoms with Crippen LogP contribution in [0.3, 0.4) is 0 Å². The standard InChI is InChI=1S/C21H40O2P6S4/c1-10-23-21(22)18-11-12-19(24(14-26(2,3)30)15-27(4,5)31)20(13-18)25(16-28(6,7)32)17-29(8,9)33/h11-13H,10,14-17H2,1-9H3. The number of carbonyl (C=O) groups excluding carboxylic acids is 1. The molecule has 0 saturated heterocycles. The van der Waals surface area contributed by atoms with Crippen molar-refractivity contribution in [3.8, 4) is 0 Å². The molecule has 0 unspecified atom stereocenters. The molecule has 0 heterocycles. The summed E-state index contributed by atoms with van der Waals surface area (Å²) in [6, 6.07) is 0.496. The quantitative estimate of drug-likeness (QED) is 0.183. The van der Waals surface area contributed by atoms with Crippen LogP contribution in [0.4, 0.5) is 0 Å². The maximum atomic E-state index is 12.7. The van der Waals surface area contributed by atoms with Gasteiger partial charge in [-0.2, -0.15) is 0 Å². The molecular weight excluding hydrogens is 598 g/mol. The third-order valence-corrected chi connectivity index (χ3v) is 27.0. The lowest BCUT2D eigenvalue weighted by Crippen LogP contribution is -2.27. The second-order valence-electron chi connectivity index (χ2n) is 10.4. The molecule has 0 fully saturated rings. The molecule has 0 aromatic heterocycles. The Labute approximate surface area is 226 Å². The number of rotatable bonds is 12. The fraction of sp³-hybridized carbons (Fsp3) is 0.667. The fourth-order valence-electron chi connectivity index (χ4n) is 3.42. The van der Waals surface area contributed by atoms with E-state index < -0.39 is 40.0 Å². The van der Waals surface area contributed by atoms with Gasteiger partial charge >= 0.3 is 5.97 Å². The molecule has 0 N–H and O–H groups in total. The summed E-state index contributed by atoms with van der Waals surface area (Å²) >= 11 is 23.8. The van der Waals surface area contributed by atoms with Gasteiger partial charge in [-0.25, -0.2) is 4.79 Å². The van der Waals surface area contributed by atoms with Crippen molar-refractivity contribution in [3.63, 3.8) is 0 Å². The third kappa shape index (κ3) is 14.0. The summed E-state index contributed by atoms with van der Waals surface area (Å²) in [5, 5.41) is 2.72. The zero-order valence-corrected chi connectivity index (χ0v) is 30.0. The smallest absolute Gasteiger partial charge is 0.338 e. The molecule has 1 rings (SSSR count). The molecule has 0 aliphatic rings. The Balaban J connectivity index is 3.83. The second kappa shape index (κ2) is 13.3. The number of esters is 1. The van der Waals surface area contributed by atoms with Gasteiger partial charge in [0.2, 0.25) is 0 Å². The van der Waals surface area contributed by atoms with Crippen LogP contribution >= 0.6 is 40.0 Å². The van der Waals surface area contributed by atoms with Crippen molar-refractivity contribution < 1.29 is 9.53 Å². The van der Waals surface area contributed by atoms with Crippen LogP contribution in [0, 0.1) is 0 Å². The molecule has 1 aromatic rings. The fourth-order valence-corrected chi connectivity index (χ4v) is 28.6. The Hall–Kier alpha value is 2.15. The van der Waals surface area contributed by atoms with Crippen molar-refractivity contribution in [1.29, 1.82) is 0 Å². The predicted octanol–water partition coefficient (Wildman–Crippen LogP) is 6.86. The number of hydrogen-bond donors (Lipinski definition) is 0. The molecule has 0 bridgehead atoms. The average Bonchev–Trinajstić information content (AvgIpc) is 2.55. The molecule has 33 heavy (non-hydrogen) atoms. The summed E-state index contributed by atoms with van der Waals surface area (Å²) in [6.07, 6.45) is 0. The van der Waals surface area contributed by atoms with E-state index in [9.17, 15) is 4.79 Å². The minimum atomic E-state index is -1.46. The number of carbonyl (C=O) groups is 1. The highest BCUT2D eigenvalue weighted by Crippen LogP contribution is 2.62. The lowest BCUT2D eigenvalue weighted by molar-refractivity contribution is 0.0526. The van der Waals surface area contributed by atoms with Crippen molar-refractivity contribution in [3.05, 3.63) is 23.8 Å². The number of hydrogen-bond acceptors (Lipinski definition) is 6. The van der Waals surface area contributed by atoms with E-state index in [1.54, 1.807) is 0 Å². The van der Waals surface area contributed by atoms with Crippen LogP contribution in [-0.2, 0) is 52.0 Å². The summed E-state index contributed by atoms with van der Waals surface area (Å²) in [7, 11) is -1.06. The van der Waals surface area contributed by atoms with Crippen LogP contribution in [-0.4, -0.2) is 89.5 Å². The van der Waals surface area contributed by atoms with Crippen LogP contribution in [0.2, 0.25) is 0 Å². The molecule has 0 atom stereocenters. The van der Waals surface area contributed by atoms with E-state index in [0.717, 1.165) is 23.6 Å². The number of benzene rings is 1. The van der Waals surface area contributed by atoms with Gasteiger partial charge in [-0.3, -0.25) is 0 Å². The number of ether oxygens (including phenoxy) is 1. The Morgan fingerprint density at radius 3 is 1.42 bits per heavy atom. The summed E-state index contributed by atoms with van der Waals surface area (Å²) < 4.78 is 5.35. The first-order chi connectivity index (χ1) is 14.7. The van der Waals surface area contributed by atoms with Gasteiger partial charge in [0, 0.05) is 23.6 Å². The molecule has 0 amide bonds. The normalized spacial score (nSPS) is 13.5. The largest absolute Gasteiger partial charge is 0.462 e. The Bertz CT molecular complexity index is 985. The highest BCUT2D eigenvalue weighted by molar-refractivity contribution is 8.21. The van der Waals surface area contributed by atoms with Crippen molar-refractivity contribution in [2.75, 3.05) is 83.5 Å². The van der Waals surface area contributed by atoms with Crippen LogP contribution in [0.15, 0.2) is 18.2 Å². The van der Waals surface area contributed by atoms with Crippen molar-refractivity contribution >= 4 is 104 Å². The summed E-state index contributed by atoms with van der Waals surface area (Å²) in [5.74, 6) is 3.92. The monoisotopic (exact) mass is 638 g/mol. The lowest BCUT2D eigenvalue weighted by Gasteiger charge is -2.32. The Morgan fingerprint density at radius 1 is 0.727 bits per heavy atom. The minimum Gasteiger partial charge on any atom is -0.462 e.